The number of nitrogens with zero attached hydrogens (tertiary/aromatic N) is 4. The molecule has 4 unspecified atom stereocenters. The van der Waals surface area contributed by atoms with E-state index in [1.807, 2.05) is 0 Å². The first-order valence-corrected chi connectivity index (χ1v) is 16.5. The Morgan fingerprint density at radius 2 is 1.58 bits per heavy atom. The average Bonchev–Trinajstić information content (AvgIpc) is 2.94. The number of aliphatic imine (C=N–C) groups is 1. The number of fused-ring (bicyclic) bond motifs is 1. The summed E-state index contributed by atoms with van der Waals surface area (Å²) in [5.74, 6) is -2.71. The maximum atomic E-state index is 13.7. The van der Waals surface area contributed by atoms with E-state index < -0.39 is 70.2 Å². The van der Waals surface area contributed by atoms with Crippen LogP contribution in [0.15, 0.2) is 9.79 Å². The van der Waals surface area contributed by atoms with Gasteiger partial charge in [-0.05, 0) is 88.5 Å². The molecule has 50 heavy (non-hydrogen) atoms. The summed E-state index contributed by atoms with van der Waals surface area (Å²) in [5, 5.41) is 14.5. The van der Waals surface area contributed by atoms with Crippen LogP contribution in [0.4, 0.5) is 22.2 Å². The number of aromatic nitrogens is 2. The molecule has 2 heterocycles. The first kappa shape index (κ1) is 41.9. The van der Waals surface area contributed by atoms with Gasteiger partial charge in [0.1, 0.15) is 29.0 Å². The van der Waals surface area contributed by atoms with E-state index in [2.05, 4.69) is 20.3 Å². The fourth-order valence-corrected chi connectivity index (χ4v) is 4.68. The highest BCUT2D eigenvalue weighted by atomic mass is 16.6. The SMILES string of the molecule is CC(OC(=O)C(N)(CCCCC(=O)OC(C)(C)C)C(=O)OC(C)(C)C)C(O)C1CNc2nc(N=CN(C)C)[nH]c(=O)c2N1C(=O)OC(C)(C)C. The summed E-state index contributed by atoms with van der Waals surface area (Å²) in [7, 11) is 3.47. The van der Waals surface area contributed by atoms with E-state index in [9.17, 15) is 29.1 Å². The van der Waals surface area contributed by atoms with Crippen molar-refractivity contribution < 1.29 is 43.2 Å². The largest absolute Gasteiger partial charge is 0.460 e. The second-order valence-electron chi connectivity index (χ2n) is 15.5. The zero-order valence-corrected chi connectivity index (χ0v) is 31.3. The first-order valence-electron chi connectivity index (χ1n) is 16.5. The number of unbranched alkanes of at least 4 members (excludes halogenated alkanes) is 1. The molecule has 0 bridgehead atoms. The van der Waals surface area contributed by atoms with Gasteiger partial charge >= 0.3 is 24.0 Å². The number of H-pyrrole nitrogens is 1. The molecule has 17 heteroatoms. The van der Waals surface area contributed by atoms with Gasteiger partial charge in [0.05, 0.1) is 12.4 Å². The van der Waals surface area contributed by atoms with Crippen molar-refractivity contribution in [3.63, 3.8) is 0 Å². The average molecular weight is 710 g/mol. The van der Waals surface area contributed by atoms with Crippen LogP contribution in [0.2, 0.25) is 0 Å². The van der Waals surface area contributed by atoms with Crippen LogP contribution < -0.4 is 21.5 Å². The Morgan fingerprint density at radius 1 is 1.00 bits per heavy atom. The summed E-state index contributed by atoms with van der Waals surface area (Å²) in [6.45, 7) is 16.2. The standard InChI is InChI=1S/C33H55N7O10/c1-19(47-26(44)33(34,27(45)49-31(5,6)7)16-14-13-15-21(41)48-30(2,3)4)23(42)20-17-35-24-22(40(20)29(46)50-32(8,9)10)25(43)38-28(37-24)36-18-39(11)12/h18-20,23,42H,13-17,34H2,1-12H3,(H2,35,37,38,43). The van der Waals surface area contributed by atoms with Crippen molar-refractivity contribution in [1.82, 2.24) is 14.9 Å². The summed E-state index contributed by atoms with van der Waals surface area (Å²) in [6, 6.07) is -1.22. The molecule has 0 aliphatic carbocycles. The quantitative estimate of drug-likeness (QED) is 0.0611. The third-order valence-corrected chi connectivity index (χ3v) is 6.85. The Bertz CT molecular complexity index is 1470. The van der Waals surface area contributed by atoms with Gasteiger partial charge in [-0.15, -0.1) is 0 Å². The number of aliphatic hydroxyl groups is 1. The number of carbonyl (C=O) groups excluding carboxylic acids is 4. The summed E-state index contributed by atoms with van der Waals surface area (Å²) in [6.07, 6.45) is -2.34. The van der Waals surface area contributed by atoms with Crippen LogP contribution >= 0.6 is 0 Å². The number of nitrogens with two attached hydrogens (primary N) is 1. The number of anilines is 2. The van der Waals surface area contributed by atoms with E-state index in [1.165, 1.54) is 13.3 Å². The number of aliphatic hydroxyl groups excluding tert-OH is 1. The monoisotopic (exact) mass is 709 g/mol. The highest BCUT2D eigenvalue weighted by molar-refractivity contribution is 6.05. The zero-order chi connectivity index (χ0) is 38.4. The van der Waals surface area contributed by atoms with Crippen molar-refractivity contribution in [3.05, 3.63) is 10.4 Å². The second kappa shape index (κ2) is 16.2. The molecule has 4 atom stereocenters. The normalized spacial score (nSPS) is 17.5. The van der Waals surface area contributed by atoms with E-state index in [4.69, 9.17) is 24.7 Å². The van der Waals surface area contributed by atoms with Crippen LogP contribution in [0.25, 0.3) is 0 Å². The van der Waals surface area contributed by atoms with Gasteiger partial charge in [0.2, 0.25) is 11.5 Å². The second-order valence-corrected chi connectivity index (χ2v) is 15.5. The summed E-state index contributed by atoms with van der Waals surface area (Å²) in [4.78, 5) is 79.6. The van der Waals surface area contributed by atoms with E-state index in [0.717, 1.165) is 4.90 Å². The third-order valence-electron chi connectivity index (χ3n) is 6.85. The number of hydrogen-bond acceptors (Lipinski definition) is 14. The van der Waals surface area contributed by atoms with Crippen molar-refractivity contribution in [2.45, 2.75) is 136 Å². The molecule has 0 saturated carbocycles. The molecule has 2 rings (SSSR count). The molecular weight excluding hydrogens is 654 g/mol. The van der Waals surface area contributed by atoms with Crippen LogP contribution in [-0.2, 0) is 33.3 Å². The topological polar surface area (TPSA) is 228 Å². The molecule has 282 valence electrons. The van der Waals surface area contributed by atoms with Crippen LogP contribution in [0.5, 0.6) is 0 Å². The molecule has 0 spiro atoms. The zero-order valence-electron chi connectivity index (χ0n) is 31.3. The van der Waals surface area contributed by atoms with Gasteiger partial charge in [-0.3, -0.25) is 19.5 Å². The van der Waals surface area contributed by atoms with Crippen LogP contribution in [0.3, 0.4) is 0 Å². The molecule has 0 fully saturated rings. The van der Waals surface area contributed by atoms with Gasteiger partial charge in [-0.1, -0.05) is 0 Å². The van der Waals surface area contributed by atoms with E-state index in [0.29, 0.717) is 0 Å². The lowest BCUT2D eigenvalue weighted by Crippen LogP contribution is -2.61. The van der Waals surface area contributed by atoms with Gasteiger partial charge in [0.25, 0.3) is 5.56 Å². The predicted molar refractivity (Wildman–Crippen MR) is 186 cm³/mol. The van der Waals surface area contributed by atoms with Crippen LogP contribution in [0, 0.1) is 0 Å². The maximum Gasteiger partial charge on any atom is 0.415 e. The molecule has 0 radical (unpaired) electrons. The van der Waals surface area contributed by atoms with Crippen molar-refractivity contribution in [2.75, 3.05) is 30.9 Å². The fraction of sp³-hybridized carbons (Fsp3) is 0.727. The van der Waals surface area contributed by atoms with Crippen molar-refractivity contribution in [2.24, 2.45) is 10.7 Å². The third kappa shape index (κ3) is 12.3. The Hall–Kier alpha value is -4.25. The van der Waals surface area contributed by atoms with E-state index >= 15 is 0 Å². The van der Waals surface area contributed by atoms with E-state index in [1.54, 1.807) is 81.3 Å². The molecule has 1 aliphatic rings. The lowest BCUT2D eigenvalue weighted by atomic mass is 9.92. The molecule has 1 aliphatic heterocycles. The minimum absolute atomic E-state index is 0.0101. The van der Waals surface area contributed by atoms with Gasteiger partial charge in [-0.2, -0.15) is 4.98 Å². The minimum atomic E-state index is -2.30. The van der Waals surface area contributed by atoms with Crippen molar-refractivity contribution in [3.8, 4) is 0 Å². The lowest BCUT2D eigenvalue weighted by Gasteiger charge is -2.40. The number of nitrogens with one attached hydrogen (secondary N) is 2. The van der Waals surface area contributed by atoms with Crippen molar-refractivity contribution in [1.29, 1.82) is 0 Å². The van der Waals surface area contributed by atoms with Gasteiger partial charge < -0.3 is 40.0 Å². The van der Waals surface area contributed by atoms with Gasteiger partial charge in [-0.25, -0.2) is 19.4 Å². The van der Waals surface area contributed by atoms with Crippen LogP contribution in [-0.4, -0.2) is 112 Å². The highest BCUT2D eigenvalue weighted by Gasteiger charge is 2.49. The fourth-order valence-electron chi connectivity index (χ4n) is 4.68. The van der Waals surface area contributed by atoms with E-state index in [-0.39, 0.29) is 49.7 Å². The number of esters is 3. The summed E-state index contributed by atoms with van der Waals surface area (Å²) < 4.78 is 21.9. The van der Waals surface area contributed by atoms with Crippen molar-refractivity contribution >= 4 is 47.8 Å². The molecule has 1 amide bonds. The summed E-state index contributed by atoms with van der Waals surface area (Å²) >= 11 is 0. The molecule has 5 N–H and O–H groups in total. The summed E-state index contributed by atoms with van der Waals surface area (Å²) in [5.41, 5.74) is 0.450. The number of hydrogen-bond donors (Lipinski definition) is 4. The smallest absolute Gasteiger partial charge is 0.415 e. The number of carbonyl (C=O) groups is 4. The predicted octanol–water partition coefficient (Wildman–Crippen LogP) is 2.76. The molecule has 0 aromatic carbocycles. The van der Waals surface area contributed by atoms with Gasteiger partial charge in [0, 0.05) is 27.1 Å². The van der Waals surface area contributed by atoms with Crippen LogP contribution in [0.1, 0.15) is 94.9 Å². The van der Waals surface area contributed by atoms with Gasteiger partial charge in [0.15, 0.2) is 11.5 Å². The Balaban J connectivity index is 2.39. The molecule has 17 nitrogen and oxygen atoms in total. The Kier molecular flexibility index (Phi) is 13.6. The maximum absolute atomic E-state index is 13.7. The molecule has 1 aromatic rings. The Labute approximate surface area is 293 Å². The molecular formula is C33H55N7O10. The molecule has 1 aromatic heterocycles. The number of rotatable bonds is 12. The molecule has 0 saturated heterocycles. The first-order chi connectivity index (χ1) is 22.7. The number of amides is 1. The number of aromatic amines is 1. The minimum Gasteiger partial charge on any atom is -0.460 e. The lowest BCUT2D eigenvalue weighted by molar-refractivity contribution is -0.177. The Morgan fingerprint density at radius 3 is 2.12 bits per heavy atom. The highest BCUT2D eigenvalue weighted by Crippen LogP contribution is 2.32. The number of ether oxygens (including phenoxy) is 4.